The van der Waals surface area contributed by atoms with Crippen LogP contribution in [-0.2, 0) is 9.84 Å². The summed E-state index contributed by atoms with van der Waals surface area (Å²) in [5, 5.41) is 2.59. The fourth-order valence-electron chi connectivity index (χ4n) is 1.50. The maximum atomic E-state index is 12.0. The largest absolute Gasteiger partial charge is 0.322 e. The lowest BCUT2D eigenvalue weighted by molar-refractivity contribution is 0.102. The smallest absolute Gasteiger partial charge is 0.258 e. The molecular weight excluding hydrogens is 341 g/mol. The van der Waals surface area contributed by atoms with E-state index in [4.69, 9.17) is 23.2 Å². The second-order valence-corrected chi connectivity index (χ2v) is 8.29. The summed E-state index contributed by atoms with van der Waals surface area (Å²) < 4.78 is 23.6. The molecule has 0 bridgehead atoms. The molecule has 4 nitrogen and oxygen atoms in total. The molecule has 106 valence electrons. The summed E-state index contributed by atoms with van der Waals surface area (Å²) in [6.45, 7) is 0. The molecule has 0 atom stereocenters. The average Bonchev–Trinajstić information content (AvgIpc) is 2.68. The van der Waals surface area contributed by atoms with Crippen LogP contribution in [0, 0.1) is 0 Å². The van der Waals surface area contributed by atoms with E-state index in [1.165, 1.54) is 18.2 Å². The molecule has 0 aliphatic rings. The zero-order chi connectivity index (χ0) is 14.9. The van der Waals surface area contributed by atoms with Gasteiger partial charge in [0.1, 0.15) is 4.34 Å². The average molecular weight is 350 g/mol. The van der Waals surface area contributed by atoms with Gasteiger partial charge in [-0.05, 0) is 24.3 Å². The number of hydrogen-bond donors (Lipinski definition) is 1. The fraction of sp³-hybridized carbons (Fsp3) is 0.0833. The summed E-state index contributed by atoms with van der Waals surface area (Å²) >= 11 is 12.7. The summed E-state index contributed by atoms with van der Waals surface area (Å²) in [4.78, 5) is 12.1. The number of thiophene rings is 1. The van der Waals surface area contributed by atoms with Crippen LogP contribution in [0.4, 0.5) is 5.69 Å². The number of anilines is 1. The van der Waals surface area contributed by atoms with Crippen molar-refractivity contribution in [2.45, 2.75) is 4.90 Å². The van der Waals surface area contributed by atoms with Gasteiger partial charge in [-0.1, -0.05) is 29.3 Å². The number of hydrogen-bond acceptors (Lipinski definition) is 4. The van der Waals surface area contributed by atoms with E-state index in [0.717, 1.165) is 17.6 Å². The second kappa shape index (κ2) is 5.73. The van der Waals surface area contributed by atoms with Crippen molar-refractivity contribution in [1.82, 2.24) is 0 Å². The van der Waals surface area contributed by atoms with Gasteiger partial charge in [0.2, 0.25) is 0 Å². The van der Waals surface area contributed by atoms with Crippen LogP contribution in [0.25, 0.3) is 0 Å². The lowest BCUT2D eigenvalue weighted by atomic mass is 10.3. The first-order chi connectivity index (χ1) is 9.27. The van der Waals surface area contributed by atoms with Crippen molar-refractivity contribution in [3.8, 4) is 0 Å². The Kier molecular flexibility index (Phi) is 4.39. The Morgan fingerprint density at radius 3 is 2.50 bits per heavy atom. The lowest BCUT2D eigenvalue weighted by Gasteiger charge is -2.06. The Hall–Kier alpha value is -1.08. The van der Waals surface area contributed by atoms with Crippen molar-refractivity contribution in [3.63, 3.8) is 0 Å². The van der Waals surface area contributed by atoms with E-state index in [2.05, 4.69) is 5.32 Å². The van der Waals surface area contributed by atoms with E-state index in [1.807, 2.05) is 0 Å². The van der Waals surface area contributed by atoms with E-state index in [0.29, 0.717) is 10.0 Å². The third-order valence-electron chi connectivity index (χ3n) is 2.42. The Bertz CT molecular complexity index is 769. The minimum absolute atomic E-state index is 0.129. The summed E-state index contributed by atoms with van der Waals surface area (Å²) in [7, 11) is -3.33. The minimum atomic E-state index is -3.33. The molecule has 0 saturated carbocycles. The van der Waals surface area contributed by atoms with Gasteiger partial charge in [0.15, 0.2) is 9.84 Å². The van der Waals surface area contributed by atoms with Crippen molar-refractivity contribution in [2.75, 3.05) is 11.6 Å². The van der Waals surface area contributed by atoms with E-state index in [9.17, 15) is 13.2 Å². The highest BCUT2D eigenvalue weighted by Gasteiger charge is 2.15. The summed E-state index contributed by atoms with van der Waals surface area (Å²) in [6.07, 6.45) is 1.10. The van der Waals surface area contributed by atoms with Crippen LogP contribution in [0.15, 0.2) is 35.2 Å². The molecule has 0 radical (unpaired) electrons. The number of nitrogens with one attached hydrogen (secondary N) is 1. The molecule has 0 unspecified atom stereocenters. The first kappa shape index (κ1) is 15.3. The van der Waals surface area contributed by atoms with E-state index < -0.39 is 15.7 Å². The number of benzene rings is 1. The molecule has 2 rings (SSSR count). The zero-order valence-corrected chi connectivity index (χ0v) is 13.3. The van der Waals surface area contributed by atoms with Gasteiger partial charge in [-0.3, -0.25) is 4.79 Å². The molecule has 0 aliphatic carbocycles. The number of halogens is 2. The van der Waals surface area contributed by atoms with Gasteiger partial charge in [0.05, 0.1) is 14.8 Å². The predicted molar refractivity (Wildman–Crippen MR) is 81.8 cm³/mol. The molecule has 0 saturated heterocycles. The van der Waals surface area contributed by atoms with E-state index >= 15 is 0 Å². The quantitative estimate of drug-likeness (QED) is 0.918. The first-order valence-corrected chi connectivity index (χ1v) is 8.80. The van der Waals surface area contributed by atoms with Crippen molar-refractivity contribution in [1.29, 1.82) is 0 Å². The van der Waals surface area contributed by atoms with Gasteiger partial charge in [-0.15, -0.1) is 11.3 Å². The SMILES string of the molecule is CS(=O)(=O)c1cccc(NC(=O)c2cc(Cl)sc2Cl)c1. The monoisotopic (exact) mass is 349 g/mol. The van der Waals surface area contributed by atoms with Crippen molar-refractivity contribution in [2.24, 2.45) is 0 Å². The van der Waals surface area contributed by atoms with Gasteiger partial charge in [0, 0.05) is 11.9 Å². The lowest BCUT2D eigenvalue weighted by Crippen LogP contribution is -2.11. The fourth-order valence-corrected chi connectivity index (χ4v) is 3.62. The third kappa shape index (κ3) is 3.52. The topological polar surface area (TPSA) is 63.2 Å². The summed E-state index contributed by atoms with van der Waals surface area (Å²) in [6, 6.07) is 7.45. The molecule has 0 aliphatic heterocycles. The summed E-state index contributed by atoms with van der Waals surface area (Å²) in [5.41, 5.74) is 0.628. The Labute approximate surface area is 130 Å². The predicted octanol–water partition coefficient (Wildman–Crippen LogP) is 3.71. The Balaban J connectivity index is 2.27. The van der Waals surface area contributed by atoms with Crippen LogP contribution < -0.4 is 5.32 Å². The van der Waals surface area contributed by atoms with Crippen molar-refractivity contribution < 1.29 is 13.2 Å². The Morgan fingerprint density at radius 1 is 1.25 bits per heavy atom. The standard InChI is InChI=1S/C12H9Cl2NO3S2/c1-20(17,18)8-4-2-3-7(5-8)15-12(16)9-6-10(13)19-11(9)14/h2-6H,1H3,(H,15,16). The highest BCUT2D eigenvalue weighted by Crippen LogP contribution is 2.31. The maximum Gasteiger partial charge on any atom is 0.258 e. The van der Waals surface area contributed by atoms with Crippen molar-refractivity contribution >= 4 is 56.0 Å². The van der Waals surface area contributed by atoms with Crippen LogP contribution >= 0.6 is 34.5 Å². The van der Waals surface area contributed by atoms with Gasteiger partial charge in [0.25, 0.3) is 5.91 Å². The Morgan fingerprint density at radius 2 is 1.95 bits per heavy atom. The number of carbonyl (C=O) groups excluding carboxylic acids is 1. The van der Waals surface area contributed by atoms with Crippen LogP contribution in [-0.4, -0.2) is 20.6 Å². The maximum absolute atomic E-state index is 12.0. The number of rotatable bonds is 3. The number of amides is 1. The van der Waals surface area contributed by atoms with E-state index in [1.54, 1.807) is 12.1 Å². The molecular formula is C12H9Cl2NO3S2. The van der Waals surface area contributed by atoms with Crippen LogP contribution in [0.5, 0.6) is 0 Å². The van der Waals surface area contributed by atoms with Crippen LogP contribution in [0.3, 0.4) is 0 Å². The van der Waals surface area contributed by atoms with Crippen molar-refractivity contribution in [3.05, 3.63) is 44.6 Å². The number of sulfone groups is 1. The van der Waals surface area contributed by atoms with Gasteiger partial charge in [-0.25, -0.2) is 8.42 Å². The van der Waals surface area contributed by atoms with Gasteiger partial charge in [-0.2, -0.15) is 0 Å². The molecule has 1 N–H and O–H groups in total. The minimum Gasteiger partial charge on any atom is -0.322 e. The molecule has 1 heterocycles. The first-order valence-electron chi connectivity index (χ1n) is 5.33. The molecule has 2 aromatic rings. The molecule has 8 heteroatoms. The molecule has 1 amide bonds. The van der Waals surface area contributed by atoms with E-state index in [-0.39, 0.29) is 14.8 Å². The van der Waals surface area contributed by atoms with Gasteiger partial charge < -0.3 is 5.32 Å². The normalized spacial score (nSPS) is 11.3. The summed E-state index contributed by atoms with van der Waals surface area (Å²) in [5.74, 6) is -0.441. The third-order valence-corrected chi connectivity index (χ3v) is 5.02. The zero-order valence-electron chi connectivity index (χ0n) is 10.2. The molecule has 1 aromatic carbocycles. The van der Waals surface area contributed by atoms with Crippen LogP contribution in [0.1, 0.15) is 10.4 Å². The highest BCUT2D eigenvalue weighted by molar-refractivity contribution is 7.90. The molecule has 0 fully saturated rings. The molecule has 0 spiro atoms. The number of carbonyl (C=O) groups is 1. The second-order valence-electron chi connectivity index (χ2n) is 3.99. The van der Waals surface area contributed by atoms with Crippen LogP contribution in [0.2, 0.25) is 8.67 Å². The highest BCUT2D eigenvalue weighted by atomic mass is 35.5. The molecule has 20 heavy (non-hydrogen) atoms. The van der Waals surface area contributed by atoms with Gasteiger partial charge >= 0.3 is 0 Å². The molecule has 1 aromatic heterocycles.